The predicted molar refractivity (Wildman–Crippen MR) is 87.1 cm³/mol. The Bertz CT molecular complexity index is 728. The summed E-state index contributed by atoms with van der Waals surface area (Å²) in [6, 6.07) is 6.64. The summed E-state index contributed by atoms with van der Waals surface area (Å²) in [5, 5.41) is 2.28. The fourth-order valence-electron chi connectivity index (χ4n) is 2.09. The molecule has 2 rings (SSSR count). The number of rotatable bonds is 5. The molecule has 0 fully saturated rings. The molecule has 0 saturated heterocycles. The van der Waals surface area contributed by atoms with Gasteiger partial charge in [-0.1, -0.05) is 17.7 Å². The highest BCUT2D eigenvalue weighted by Crippen LogP contribution is 2.26. The number of hydrogen-bond acceptors (Lipinski definition) is 4. The van der Waals surface area contributed by atoms with Gasteiger partial charge < -0.3 is 5.73 Å². The lowest BCUT2D eigenvalue weighted by atomic mass is 10.1. The molecule has 114 valence electrons. The summed E-state index contributed by atoms with van der Waals surface area (Å²) in [5.41, 5.74) is 7.00. The highest BCUT2D eigenvalue weighted by atomic mass is 35.5. The minimum Gasteiger partial charge on any atom is -0.326 e. The van der Waals surface area contributed by atoms with Crippen molar-refractivity contribution in [1.29, 1.82) is 0 Å². The average molecular weight is 345 g/mol. The molecule has 0 aliphatic heterocycles. The minimum absolute atomic E-state index is 0.179. The van der Waals surface area contributed by atoms with E-state index in [1.807, 2.05) is 24.4 Å². The Hall–Kier alpha value is -0.920. The van der Waals surface area contributed by atoms with E-state index < -0.39 is 10.0 Å². The van der Waals surface area contributed by atoms with E-state index in [2.05, 4.69) is 4.72 Å². The molecule has 1 atom stereocenters. The highest BCUT2D eigenvalue weighted by molar-refractivity contribution is 7.89. The number of thiophene rings is 1. The second-order valence-corrected chi connectivity index (χ2v) is 7.85. The first-order valence-electron chi connectivity index (χ1n) is 6.40. The van der Waals surface area contributed by atoms with Crippen molar-refractivity contribution in [2.75, 3.05) is 0 Å². The van der Waals surface area contributed by atoms with E-state index in [-0.39, 0.29) is 17.5 Å². The molecule has 1 aromatic heterocycles. The molecular weight excluding hydrogens is 328 g/mol. The largest absolute Gasteiger partial charge is 0.326 e. The second-order valence-electron chi connectivity index (χ2n) is 4.75. The van der Waals surface area contributed by atoms with Crippen molar-refractivity contribution in [3.05, 3.63) is 50.7 Å². The molecular formula is C14H17ClN2O2S2. The van der Waals surface area contributed by atoms with Gasteiger partial charge in [0.05, 0.1) is 10.9 Å². The number of nitrogens with two attached hydrogens (primary N) is 1. The molecule has 0 radical (unpaired) electrons. The van der Waals surface area contributed by atoms with Crippen LogP contribution in [0.25, 0.3) is 0 Å². The van der Waals surface area contributed by atoms with Gasteiger partial charge in [0.2, 0.25) is 10.0 Å². The van der Waals surface area contributed by atoms with E-state index in [9.17, 15) is 8.42 Å². The Labute approximate surface area is 134 Å². The molecule has 0 spiro atoms. The lowest BCUT2D eigenvalue weighted by Crippen LogP contribution is -2.27. The quantitative estimate of drug-likeness (QED) is 0.874. The van der Waals surface area contributed by atoms with Gasteiger partial charge in [0.15, 0.2) is 0 Å². The third kappa shape index (κ3) is 3.64. The summed E-state index contributed by atoms with van der Waals surface area (Å²) < 4.78 is 27.8. The minimum atomic E-state index is -3.65. The zero-order valence-electron chi connectivity index (χ0n) is 11.8. The van der Waals surface area contributed by atoms with Crippen molar-refractivity contribution in [3.8, 4) is 0 Å². The fraction of sp³-hybridized carbons (Fsp3) is 0.286. The number of sulfonamides is 1. The molecule has 1 unspecified atom stereocenters. The lowest BCUT2D eigenvalue weighted by Gasteiger charge is -2.16. The molecule has 1 aromatic carbocycles. The average Bonchev–Trinajstić information content (AvgIpc) is 2.94. The van der Waals surface area contributed by atoms with Gasteiger partial charge in [-0.2, -0.15) is 0 Å². The van der Waals surface area contributed by atoms with Gasteiger partial charge in [0.25, 0.3) is 0 Å². The van der Waals surface area contributed by atoms with Crippen molar-refractivity contribution >= 4 is 33.0 Å². The predicted octanol–water partition coefficient (Wildman–Crippen LogP) is 3.21. The van der Waals surface area contributed by atoms with Gasteiger partial charge in [0.1, 0.15) is 0 Å². The monoisotopic (exact) mass is 344 g/mol. The van der Waals surface area contributed by atoms with Crippen molar-refractivity contribution in [2.45, 2.75) is 31.3 Å². The SMILES string of the molecule is Cc1c(CN)cc(Cl)cc1S(=O)(=O)NC(C)c1cccs1. The van der Waals surface area contributed by atoms with Crippen molar-refractivity contribution in [3.63, 3.8) is 0 Å². The molecule has 4 nitrogen and oxygen atoms in total. The molecule has 0 bridgehead atoms. The van der Waals surface area contributed by atoms with E-state index >= 15 is 0 Å². The van der Waals surface area contributed by atoms with Crippen LogP contribution in [0.2, 0.25) is 5.02 Å². The number of halogens is 1. The topological polar surface area (TPSA) is 72.2 Å². The smallest absolute Gasteiger partial charge is 0.241 e. The molecule has 0 amide bonds. The number of nitrogens with one attached hydrogen (secondary N) is 1. The van der Waals surface area contributed by atoms with Crippen LogP contribution in [-0.4, -0.2) is 8.42 Å². The Morgan fingerprint density at radius 3 is 2.71 bits per heavy atom. The van der Waals surface area contributed by atoms with Gasteiger partial charge >= 0.3 is 0 Å². The second kappa shape index (κ2) is 6.46. The summed E-state index contributed by atoms with van der Waals surface area (Å²) in [5.74, 6) is 0. The van der Waals surface area contributed by atoms with Gasteiger partial charge in [0, 0.05) is 16.4 Å². The van der Waals surface area contributed by atoms with Crippen LogP contribution in [0.4, 0.5) is 0 Å². The van der Waals surface area contributed by atoms with Crippen LogP contribution in [0.15, 0.2) is 34.5 Å². The van der Waals surface area contributed by atoms with Crippen LogP contribution >= 0.6 is 22.9 Å². The zero-order chi connectivity index (χ0) is 15.6. The highest BCUT2D eigenvalue weighted by Gasteiger charge is 2.22. The third-order valence-corrected chi connectivity index (χ3v) is 6.18. The van der Waals surface area contributed by atoms with Crippen molar-refractivity contribution in [1.82, 2.24) is 4.72 Å². The van der Waals surface area contributed by atoms with Crippen LogP contribution in [0.3, 0.4) is 0 Å². The summed E-state index contributed by atoms with van der Waals surface area (Å²) in [4.78, 5) is 1.14. The standard InChI is InChI=1S/C14H17ClN2O2S2/c1-9-11(8-16)6-12(15)7-14(9)21(18,19)17-10(2)13-4-3-5-20-13/h3-7,10,17H,8,16H2,1-2H3. The summed E-state index contributed by atoms with van der Waals surface area (Å²) in [7, 11) is -3.65. The molecule has 1 heterocycles. The fourth-order valence-corrected chi connectivity index (χ4v) is 4.74. The first-order chi connectivity index (χ1) is 9.85. The summed E-state index contributed by atoms with van der Waals surface area (Å²) in [6.07, 6.45) is 0. The third-order valence-electron chi connectivity index (χ3n) is 3.24. The van der Waals surface area contributed by atoms with Gasteiger partial charge in [-0.25, -0.2) is 13.1 Å². The van der Waals surface area contributed by atoms with E-state index in [1.54, 1.807) is 13.0 Å². The Morgan fingerprint density at radius 2 is 2.14 bits per heavy atom. The van der Waals surface area contributed by atoms with Gasteiger partial charge in [-0.3, -0.25) is 0 Å². The molecule has 2 aromatic rings. The summed E-state index contributed by atoms with van der Waals surface area (Å²) >= 11 is 7.51. The molecule has 0 aliphatic rings. The van der Waals surface area contributed by atoms with E-state index in [0.29, 0.717) is 10.6 Å². The van der Waals surface area contributed by atoms with Crippen LogP contribution in [0, 0.1) is 6.92 Å². The first kappa shape index (κ1) is 16.5. The first-order valence-corrected chi connectivity index (χ1v) is 9.14. The number of hydrogen-bond donors (Lipinski definition) is 2. The van der Waals surface area contributed by atoms with E-state index in [4.69, 9.17) is 17.3 Å². The van der Waals surface area contributed by atoms with Gasteiger partial charge in [-0.05, 0) is 48.6 Å². The van der Waals surface area contributed by atoms with Crippen LogP contribution in [-0.2, 0) is 16.6 Å². The molecule has 21 heavy (non-hydrogen) atoms. The van der Waals surface area contributed by atoms with Crippen molar-refractivity contribution < 1.29 is 8.42 Å². The normalized spacial score (nSPS) is 13.3. The lowest BCUT2D eigenvalue weighted by molar-refractivity contribution is 0.567. The molecule has 3 N–H and O–H groups in total. The van der Waals surface area contributed by atoms with Crippen LogP contribution < -0.4 is 10.5 Å². The van der Waals surface area contributed by atoms with Crippen LogP contribution in [0.5, 0.6) is 0 Å². The van der Waals surface area contributed by atoms with E-state index in [0.717, 1.165) is 10.4 Å². The Balaban J connectivity index is 2.38. The van der Waals surface area contributed by atoms with Gasteiger partial charge in [-0.15, -0.1) is 11.3 Å². The van der Waals surface area contributed by atoms with Crippen LogP contribution in [0.1, 0.15) is 29.0 Å². The Kier molecular flexibility index (Phi) is 5.06. The molecule has 0 aliphatic carbocycles. The van der Waals surface area contributed by atoms with Crippen molar-refractivity contribution in [2.24, 2.45) is 5.73 Å². The summed E-state index contributed by atoms with van der Waals surface area (Å²) in [6.45, 7) is 3.80. The number of benzene rings is 1. The molecule has 0 saturated carbocycles. The maximum atomic E-state index is 12.6. The Morgan fingerprint density at radius 1 is 1.43 bits per heavy atom. The zero-order valence-corrected chi connectivity index (χ0v) is 14.1. The molecule has 7 heteroatoms. The maximum absolute atomic E-state index is 12.6. The van der Waals surface area contributed by atoms with E-state index in [1.165, 1.54) is 17.4 Å². The maximum Gasteiger partial charge on any atom is 0.241 e.